The van der Waals surface area contributed by atoms with Gasteiger partial charge < -0.3 is 4.74 Å². The first-order valence-electron chi connectivity index (χ1n) is 4.00. The zero-order valence-corrected chi connectivity index (χ0v) is 8.57. The van der Waals surface area contributed by atoms with Gasteiger partial charge in [0.15, 0.2) is 0 Å². The lowest BCUT2D eigenvalue weighted by molar-refractivity contribution is 0.0722. The molecule has 2 atom stereocenters. The molecule has 0 aromatic carbocycles. The standard InChI is InChI=1S/C7H13ClO3S/c1-11-6-3-2-4-7(5-6)12(8,9)10/h6-7H,2-5H2,1H3. The lowest BCUT2D eigenvalue weighted by atomic mass is 9.97. The summed E-state index contributed by atoms with van der Waals surface area (Å²) in [5.74, 6) is 0. The molecule has 12 heavy (non-hydrogen) atoms. The van der Waals surface area contributed by atoms with Gasteiger partial charge in [0.1, 0.15) is 0 Å². The van der Waals surface area contributed by atoms with Crippen LogP contribution in [0.1, 0.15) is 25.7 Å². The number of methoxy groups -OCH3 is 1. The fraction of sp³-hybridized carbons (Fsp3) is 1.00. The number of halogens is 1. The molecule has 5 heteroatoms. The topological polar surface area (TPSA) is 43.4 Å². The fourth-order valence-electron chi connectivity index (χ4n) is 1.57. The van der Waals surface area contributed by atoms with E-state index in [1.54, 1.807) is 7.11 Å². The van der Waals surface area contributed by atoms with E-state index in [-0.39, 0.29) is 6.10 Å². The fourth-order valence-corrected chi connectivity index (χ4v) is 2.95. The van der Waals surface area contributed by atoms with Gasteiger partial charge in [0.25, 0.3) is 0 Å². The summed E-state index contributed by atoms with van der Waals surface area (Å²) in [5, 5.41) is -0.405. The van der Waals surface area contributed by atoms with Crippen LogP contribution in [0.2, 0.25) is 0 Å². The average molecular weight is 213 g/mol. The van der Waals surface area contributed by atoms with E-state index in [0.29, 0.717) is 12.8 Å². The van der Waals surface area contributed by atoms with Crippen molar-refractivity contribution in [3.05, 3.63) is 0 Å². The number of ether oxygens (including phenoxy) is 1. The minimum Gasteiger partial charge on any atom is -0.381 e. The third-order valence-electron chi connectivity index (χ3n) is 2.31. The Bertz CT molecular complexity index is 237. The second kappa shape index (κ2) is 3.94. The maximum atomic E-state index is 11.0. The lowest BCUT2D eigenvalue weighted by Crippen LogP contribution is -2.29. The van der Waals surface area contributed by atoms with Crippen LogP contribution >= 0.6 is 10.7 Å². The molecule has 0 saturated heterocycles. The van der Waals surface area contributed by atoms with Gasteiger partial charge in [-0.15, -0.1) is 0 Å². The van der Waals surface area contributed by atoms with Gasteiger partial charge in [-0.2, -0.15) is 0 Å². The van der Waals surface area contributed by atoms with E-state index in [9.17, 15) is 8.42 Å². The van der Waals surface area contributed by atoms with E-state index in [2.05, 4.69) is 0 Å². The van der Waals surface area contributed by atoms with Gasteiger partial charge in [0.05, 0.1) is 11.4 Å². The normalized spacial score (nSPS) is 31.8. The van der Waals surface area contributed by atoms with Crippen molar-refractivity contribution >= 4 is 19.7 Å². The molecule has 0 aliphatic heterocycles. The van der Waals surface area contributed by atoms with Gasteiger partial charge in [-0.1, -0.05) is 0 Å². The molecule has 0 bridgehead atoms. The highest BCUT2D eigenvalue weighted by molar-refractivity contribution is 8.14. The monoisotopic (exact) mass is 212 g/mol. The molecule has 0 aromatic rings. The van der Waals surface area contributed by atoms with Crippen molar-refractivity contribution in [1.29, 1.82) is 0 Å². The van der Waals surface area contributed by atoms with Crippen molar-refractivity contribution in [2.75, 3.05) is 7.11 Å². The minimum absolute atomic E-state index is 0.0669. The Labute approximate surface area is 77.5 Å². The smallest absolute Gasteiger partial charge is 0.235 e. The Morgan fingerprint density at radius 1 is 1.42 bits per heavy atom. The second-order valence-electron chi connectivity index (χ2n) is 3.12. The molecule has 0 amide bonds. The number of hydrogen-bond donors (Lipinski definition) is 0. The largest absolute Gasteiger partial charge is 0.381 e. The number of rotatable bonds is 2. The lowest BCUT2D eigenvalue weighted by Gasteiger charge is -2.25. The Morgan fingerprint density at radius 3 is 2.58 bits per heavy atom. The summed E-state index contributed by atoms with van der Waals surface area (Å²) in [4.78, 5) is 0. The summed E-state index contributed by atoms with van der Waals surface area (Å²) in [6, 6.07) is 0. The first-order valence-corrected chi connectivity index (χ1v) is 6.37. The van der Waals surface area contributed by atoms with Crippen LogP contribution in [0.15, 0.2) is 0 Å². The van der Waals surface area contributed by atoms with E-state index < -0.39 is 14.3 Å². The summed E-state index contributed by atoms with van der Waals surface area (Å²) in [6.07, 6.45) is 3.11. The summed E-state index contributed by atoms with van der Waals surface area (Å²) in [7, 11) is 3.48. The molecule has 3 nitrogen and oxygen atoms in total. The quantitative estimate of drug-likeness (QED) is 0.652. The van der Waals surface area contributed by atoms with Crippen LogP contribution in [0.4, 0.5) is 0 Å². The molecule has 1 rings (SSSR count). The third kappa shape index (κ3) is 2.61. The zero-order valence-electron chi connectivity index (χ0n) is 6.99. The molecule has 1 saturated carbocycles. The average Bonchev–Trinajstić information content (AvgIpc) is 2.03. The molecule has 1 fully saturated rings. The van der Waals surface area contributed by atoms with Crippen molar-refractivity contribution in [3.63, 3.8) is 0 Å². The predicted octanol–water partition coefficient (Wildman–Crippen LogP) is 1.51. The van der Waals surface area contributed by atoms with E-state index in [4.69, 9.17) is 15.4 Å². The maximum Gasteiger partial charge on any atom is 0.235 e. The van der Waals surface area contributed by atoms with E-state index >= 15 is 0 Å². The Morgan fingerprint density at radius 2 is 2.08 bits per heavy atom. The molecule has 0 heterocycles. The third-order valence-corrected chi connectivity index (χ3v) is 4.29. The van der Waals surface area contributed by atoms with E-state index in [1.165, 1.54) is 0 Å². The van der Waals surface area contributed by atoms with E-state index in [1.807, 2.05) is 0 Å². The van der Waals surface area contributed by atoms with Crippen molar-refractivity contribution in [1.82, 2.24) is 0 Å². The van der Waals surface area contributed by atoms with Crippen LogP contribution in [-0.2, 0) is 13.8 Å². The summed E-state index contributed by atoms with van der Waals surface area (Å²) >= 11 is 0. The zero-order chi connectivity index (χ0) is 9.19. The van der Waals surface area contributed by atoms with Gasteiger partial charge in [0.2, 0.25) is 9.05 Å². The first kappa shape index (κ1) is 10.3. The molecule has 0 spiro atoms. The molecular weight excluding hydrogens is 200 g/mol. The van der Waals surface area contributed by atoms with Crippen LogP contribution in [0.3, 0.4) is 0 Å². The summed E-state index contributed by atoms with van der Waals surface area (Å²) in [5.41, 5.74) is 0. The van der Waals surface area contributed by atoms with Crippen LogP contribution < -0.4 is 0 Å². The predicted molar refractivity (Wildman–Crippen MR) is 47.8 cm³/mol. The van der Waals surface area contributed by atoms with Crippen LogP contribution in [0, 0.1) is 0 Å². The molecule has 1 aliphatic carbocycles. The van der Waals surface area contributed by atoms with Crippen LogP contribution in [0.5, 0.6) is 0 Å². The highest BCUT2D eigenvalue weighted by Gasteiger charge is 2.30. The van der Waals surface area contributed by atoms with Crippen molar-refractivity contribution < 1.29 is 13.2 Å². The summed E-state index contributed by atoms with van der Waals surface area (Å²) < 4.78 is 27.0. The highest BCUT2D eigenvalue weighted by atomic mass is 35.7. The number of hydrogen-bond acceptors (Lipinski definition) is 3. The second-order valence-corrected chi connectivity index (χ2v) is 6.03. The van der Waals surface area contributed by atoms with Gasteiger partial charge in [-0.25, -0.2) is 8.42 Å². The Balaban J connectivity index is 2.58. The summed E-state index contributed by atoms with van der Waals surface area (Å²) in [6.45, 7) is 0. The first-order chi connectivity index (χ1) is 5.54. The minimum atomic E-state index is -3.38. The maximum absolute atomic E-state index is 11.0. The van der Waals surface area contributed by atoms with Crippen molar-refractivity contribution in [2.45, 2.75) is 37.0 Å². The van der Waals surface area contributed by atoms with Gasteiger partial charge in [-0.3, -0.25) is 0 Å². The van der Waals surface area contributed by atoms with Crippen molar-refractivity contribution in [2.24, 2.45) is 0 Å². The Kier molecular flexibility index (Phi) is 3.37. The molecule has 1 aliphatic rings. The SMILES string of the molecule is COC1CCCC(S(=O)(=O)Cl)C1. The Hall–Kier alpha value is 0.200. The molecule has 0 radical (unpaired) electrons. The van der Waals surface area contributed by atoms with Gasteiger partial charge in [0, 0.05) is 17.8 Å². The van der Waals surface area contributed by atoms with Gasteiger partial charge >= 0.3 is 0 Å². The molecule has 2 unspecified atom stereocenters. The molecular formula is C7H13ClO3S. The highest BCUT2D eigenvalue weighted by Crippen LogP contribution is 2.27. The van der Waals surface area contributed by atoms with E-state index in [0.717, 1.165) is 12.8 Å². The van der Waals surface area contributed by atoms with Crippen LogP contribution in [0.25, 0.3) is 0 Å². The molecule has 0 N–H and O–H groups in total. The van der Waals surface area contributed by atoms with Crippen molar-refractivity contribution in [3.8, 4) is 0 Å². The van der Waals surface area contributed by atoms with Crippen LogP contribution in [-0.4, -0.2) is 26.9 Å². The molecule has 72 valence electrons. The van der Waals surface area contributed by atoms with Gasteiger partial charge in [-0.05, 0) is 25.7 Å². The molecule has 0 aromatic heterocycles.